The SMILES string of the molecule is Cc1ccc2nc(SCCCC(=O)Cc3ccc(F)cc3)[nH]c(=O)c2c1F. The van der Waals surface area contributed by atoms with Crippen molar-refractivity contribution in [3.63, 3.8) is 0 Å². The highest BCUT2D eigenvalue weighted by molar-refractivity contribution is 7.99. The Morgan fingerprint density at radius 3 is 2.63 bits per heavy atom. The van der Waals surface area contributed by atoms with Crippen LogP contribution >= 0.6 is 11.8 Å². The largest absolute Gasteiger partial charge is 0.301 e. The van der Waals surface area contributed by atoms with Crippen LogP contribution in [-0.2, 0) is 11.2 Å². The van der Waals surface area contributed by atoms with Crippen LogP contribution in [0.3, 0.4) is 0 Å². The summed E-state index contributed by atoms with van der Waals surface area (Å²) in [6.07, 6.45) is 1.28. The van der Waals surface area contributed by atoms with E-state index < -0.39 is 11.4 Å². The molecule has 27 heavy (non-hydrogen) atoms. The first-order valence-electron chi connectivity index (χ1n) is 8.52. The van der Waals surface area contributed by atoms with Crippen molar-refractivity contribution in [1.82, 2.24) is 9.97 Å². The fourth-order valence-corrected chi connectivity index (χ4v) is 3.51. The molecule has 0 amide bonds. The summed E-state index contributed by atoms with van der Waals surface area (Å²) in [7, 11) is 0. The minimum Gasteiger partial charge on any atom is -0.301 e. The summed E-state index contributed by atoms with van der Waals surface area (Å²) < 4.78 is 26.9. The normalized spacial score (nSPS) is 11.1. The topological polar surface area (TPSA) is 62.8 Å². The first-order valence-corrected chi connectivity index (χ1v) is 9.50. The summed E-state index contributed by atoms with van der Waals surface area (Å²) in [5, 5.41) is 0.371. The second-order valence-electron chi connectivity index (χ2n) is 6.26. The van der Waals surface area contributed by atoms with E-state index in [1.807, 2.05) is 0 Å². The van der Waals surface area contributed by atoms with Crippen molar-refractivity contribution in [1.29, 1.82) is 0 Å². The van der Waals surface area contributed by atoms with Gasteiger partial charge in [0.15, 0.2) is 5.16 Å². The molecular weight excluding hydrogens is 370 g/mol. The van der Waals surface area contributed by atoms with E-state index in [9.17, 15) is 18.4 Å². The third kappa shape index (κ3) is 4.80. The van der Waals surface area contributed by atoms with E-state index in [4.69, 9.17) is 0 Å². The number of carbonyl (C=O) groups excluding carboxylic acids is 1. The molecule has 1 N–H and O–H groups in total. The second-order valence-corrected chi connectivity index (χ2v) is 7.34. The number of nitrogens with zero attached hydrogens (tertiary/aromatic N) is 1. The summed E-state index contributed by atoms with van der Waals surface area (Å²) in [5.41, 5.74) is 0.995. The van der Waals surface area contributed by atoms with Gasteiger partial charge in [-0.2, -0.15) is 0 Å². The van der Waals surface area contributed by atoms with Gasteiger partial charge >= 0.3 is 0 Å². The number of ketones is 1. The predicted molar refractivity (Wildman–Crippen MR) is 102 cm³/mol. The molecule has 0 fully saturated rings. The zero-order valence-electron chi connectivity index (χ0n) is 14.7. The summed E-state index contributed by atoms with van der Waals surface area (Å²) >= 11 is 1.32. The molecule has 7 heteroatoms. The summed E-state index contributed by atoms with van der Waals surface area (Å²) in [5.74, 6) is -0.212. The van der Waals surface area contributed by atoms with Gasteiger partial charge in [-0.05, 0) is 42.7 Å². The third-order valence-electron chi connectivity index (χ3n) is 4.14. The third-order valence-corrected chi connectivity index (χ3v) is 5.10. The van der Waals surface area contributed by atoms with Gasteiger partial charge in [0.1, 0.15) is 22.8 Å². The van der Waals surface area contributed by atoms with Gasteiger partial charge in [0.25, 0.3) is 5.56 Å². The van der Waals surface area contributed by atoms with Crippen LogP contribution in [0.15, 0.2) is 46.3 Å². The van der Waals surface area contributed by atoms with Crippen molar-refractivity contribution < 1.29 is 13.6 Å². The number of nitrogens with one attached hydrogen (secondary N) is 1. The molecule has 0 saturated carbocycles. The summed E-state index contributed by atoms with van der Waals surface area (Å²) in [6.45, 7) is 1.60. The minimum atomic E-state index is -0.552. The van der Waals surface area contributed by atoms with Crippen LogP contribution in [0.25, 0.3) is 10.9 Å². The molecule has 0 aliphatic rings. The number of Topliss-reactive ketones (excluding diaryl/α,β-unsaturated/α-hetero) is 1. The minimum absolute atomic E-state index is 0.0335. The molecule has 140 valence electrons. The van der Waals surface area contributed by atoms with Gasteiger partial charge in [-0.3, -0.25) is 9.59 Å². The Morgan fingerprint density at radius 1 is 1.15 bits per heavy atom. The molecule has 2 aromatic carbocycles. The van der Waals surface area contributed by atoms with Crippen LogP contribution in [0.2, 0.25) is 0 Å². The molecule has 0 spiro atoms. The fourth-order valence-electron chi connectivity index (χ4n) is 2.70. The highest BCUT2D eigenvalue weighted by Crippen LogP contribution is 2.20. The van der Waals surface area contributed by atoms with Gasteiger partial charge in [-0.1, -0.05) is 30.0 Å². The number of H-pyrrole nitrogens is 1. The lowest BCUT2D eigenvalue weighted by Crippen LogP contribution is -2.11. The molecule has 0 aliphatic carbocycles. The summed E-state index contributed by atoms with van der Waals surface area (Å²) in [4.78, 5) is 31.0. The lowest BCUT2D eigenvalue weighted by atomic mass is 10.1. The van der Waals surface area contributed by atoms with Crippen molar-refractivity contribution in [2.45, 2.75) is 31.3 Å². The van der Waals surface area contributed by atoms with E-state index >= 15 is 0 Å². The fraction of sp³-hybridized carbons (Fsp3) is 0.250. The van der Waals surface area contributed by atoms with Gasteiger partial charge in [-0.25, -0.2) is 13.8 Å². The number of benzene rings is 2. The van der Waals surface area contributed by atoms with Crippen molar-refractivity contribution >= 4 is 28.4 Å². The van der Waals surface area contributed by atoms with E-state index in [1.54, 1.807) is 31.2 Å². The Hall–Kier alpha value is -2.54. The molecule has 0 radical (unpaired) electrons. The molecular formula is C20H18F2N2O2S. The maximum Gasteiger partial charge on any atom is 0.262 e. The van der Waals surface area contributed by atoms with Gasteiger partial charge < -0.3 is 4.98 Å². The van der Waals surface area contributed by atoms with E-state index in [-0.39, 0.29) is 23.4 Å². The predicted octanol–water partition coefficient (Wildman–Crippen LogP) is 4.19. The number of rotatable bonds is 7. The Kier molecular flexibility index (Phi) is 6.01. The van der Waals surface area contributed by atoms with Crippen LogP contribution < -0.4 is 5.56 Å². The van der Waals surface area contributed by atoms with E-state index in [0.29, 0.717) is 34.8 Å². The maximum atomic E-state index is 14.1. The van der Waals surface area contributed by atoms with Crippen molar-refractivity contribution in [3.8, 4) is 0 Å². The number of hydrogen-bond donors (Lipinski definition) is 1. The number of halogens is 2. The average Bonchev–Trinajstić information content (AvgIpc) is 2.63. The van der Waals surface area contributed by atoms with Crippen molar-refractivity contribution in [2.75, 3.05) is 5.75 Å². The van der Waals surface area contributed by atoms with Crippen LogP contribution in [0.1, 0.15) is 24.0 Å². The van der Waals surface area contributed by atoms with Gasteiger partial charge in [-0.15, -0.1) is 0 Å². The lowest BCUT2D eigenvalue weighted by Gasteiger charge is -2.05. The Bertz CT molecular complexity index is 1030. The maximum absolute atomic E-state index is 14.1. The average molecular weight is 388 g/mol. The molecule has 3 rings (SSSR count). The molecule has 0 atom stereocenters. The number of carbonyl (C=O) groups is 1. The monoisotopic (exact) mass is 388 g/mol. The van der Waals surface area contributed by atoms with Crippen LogP contribution in [-0.4, -0.2) is 21.5 Å². The molecule has 1 heterocycles. The molecule has 3 aromatic rings. The van der Waals surface area contributed by atoms with E-state index in [0.717, 1.165) is 5.56 Å². The first kappa shape index (κ1) is 19.2. The molecule has 0 bridgehead atoms. The first-order chi connectivity index (χ1) is 12.9. The number of aryl methyl sites for hydroxylation is 1. The zero-order valence-corrected chi connectivity index (χ0v) is 15.5. The molecule has 1 aromatic heterocycles. The highest BCUT2D eigenvalue weighted by Gasteiger charge is 2.11. The Balaban J connectivity index is 1.54. The van der Waals surface area contributed by atoms with E-state index in [2.05, 4.69) is 9.97 Å². The standard InChI is InChI=1S/C20H18F2N2O2S/c1-12-4-9-16-17(18(12)22)19(26)24-20(23-16)27-10-2-3-15(25)11-13-5-7-14(21)8-6-13/h4-9H,2-3,10-11H2,1H3,(H,23,24,26). The smallest absolute Gasteiger partial charge is 0.262 e. The van der Waals surface area contributed by atoms with Crippen molar-refractivity contribution in [3.05, 3.63) is 69.5 Å². The second kappa shape index (κ2) is 8.43. The Labute approximate surface area is 159 Å². The zero-order chi connectivity index (χ0) is 19.4. The highest BCUT2D eigenvalue weighted by atomic mass is 32.2. The quantitative estimate of drug-likeness (QED) is 0.374. The van der Waals surface area contributed by atoms with Gasteiger partial charge in [0, 0.05) is 18.6 Å². The van der Waals surface area contributed by atoms with Gasteiger partial charge in [0.2, 0.25) is 0 Å². The number of hydrogen-bond acceptors (Lipinski definition) is 4. The number of aromatic nitrogens is 2. The molecule has 0 saturated heterocycles. The lowest BCUT2D eigenvalue weighted by molar-refractivity contribution is -0.118. The van der Waals surface area contributed by atoms with Crippen molar-refractivity contribution in [2.24, 2.45) is 0 Å². The van der Waals surface area contributed by atoms with Crippen LogP contribution in [0, 0.1) is 18.6 Å². The van der Waals surface area contributed by atoms with Gasteiger partial charge in [0.05, 0.1) is 5.52 Å². The molecule has 0 unspecified atom stereocenters. The van der Waals surface area contributed by atoms with E-state index in [1.165, 1.54) is 23.9 Å². The summed E-state index contributed by atoms with van der Waals surface area (Å²) in [6, 6.07) is 9.10. The Morgan fingerprint density at radius 2 is 1.89 bits per heavy atom. The van der Waals surface area contributed by atoms with Crippen LogP contribution in [0.5, 0.6) is 0 Å². The molecule has 0 aliphatic heterocycles. The number of thioether (sulfide) groups is 1. The molecule has 4 nitrogen and oxygen atoms in total. The number of aromatic amines is 1. The number of fused-ring (bicyclic) bond motifs is 1. The van der Waals surface area contributed by atoms with Crippen LogP contribution in [0.4, 0.5) is 8.78 Å².